The third kappa shape index (κ3) is 4.07. The average Bonchev–Trinajstić information content (AvgIpc) is 3.07. The first kappa shape index (κ1) is 19.7. The third-order valence-corrected chi connectivity index (χ3v) is 5.95. The smallest absolute Gasteiger partial charge is 0.322 e. The number of amides is 1. The fourth-order valence-electron chi connectivity index (χ4n) is 2.90. The maximum absolute atomic E-state index is 12.8. The highest BCUT2D eigenvalue weighted by Crippen LogP contribution is 2.23. The molecule has 30 heavy (non-hydrogen) atoms. The van der Waals surface area contributed by atoms with Crippen molar-refractivity contribution in [3.8, 4) is 0 Å². The quantitative estimate of drug-likeness (QED) is 0.377. The van der Waals surface area contributed by atoms with E-state index in [4.69, 9.17) is 11.6 Å². The zero-order chi connectivity index (χ0) is 21.3. The summed E-state index contributed by atoms with van der Waals surface area (Å²) in [5.74, 6) is -0.512. The number of carbonyl (C=O) groups excluding carboxylic acids is 1. The molecule has 0 atom stereocenters. The van der Waals surface area contributed by atoms with Crippen LogP contribution in [0.15, 0.2) is 76.4 Å². The van der Waals surface area contributed by atoms with E-state index in [-0.39, 0.29) is 21.8 Å². The second-order valence-electron chi connectivity index (χ2n) is 6.40. The Kier molecular flexibility index (Phi) is 5.06. The van der Waals surface area contributed by atoms with Gasteiger partial charge in [0.15, 0.2) is 0 Å². The lowest BCUT2D eigenvalue weighted by molar-refractivity contribution is 0.102. The van der Waals surface area contributed by atoms with Crippen molar-refractivity contribution in [2.24, 2.45) is 0 Å². The van der Waals surface area contributed by atoms with Crippen molar-refractivity contribution in [1.82, 2.24) is 9.97 Å². The molecule has 0 spiro atoms. The molecule has 8 nitrogen and oxygen atoms in total. The Hall–Kier alpha value is -3.56. The molecule has 0 radical (unpaired) electrons. The zero-order valence-corrected chi connectivity index (χ0v) is 16.8. The molecule has 4 N–H and O–H groups in total. The summed E-state index contributed by atoms with van der Waals surface area (Å²) in [4.78, 5) is 29.4. The summed E-state index contributed by atoms with van der Waals surface area (Å²) in [5, 5.41) is 3.12. The van der Waals surface area contributed by atoms with Crippen molar-refractivity contribution in [3.05, 3.63) is 87.8 Å². The van der Waals surface area contributed by atoms with Crippen LogP contribution in [0.5, 0.6) is 0 Å². The summed E-state index contributed by atoms with van der Waals surface area (Å²) in [5.41, 5.74) is 1.50. The molecule has 0 saturated carbocycles. The summed E-state index contributed by atoms with van der Waals surface area (Å²) < 4.78 is 27.8. The Morgan fingerprint density at radius 3 is 2.37 bits per heavy atom. The standard InChI is InChI=1S/C20H15ClN4O4S/c21-12-5-8-14(9-6-12)30(28,29)25-16-4-2-1-3-15(16)19(26)22-13-7-10-17-18(11-13)24-20(27)23-17/h1-11,25H,(H,22,26)(H2,23,24,27). The van der Waals surface area contributed by atoms with Gasteiger partial charge in [0.05, 0.1) is 27.2 Å². The monoisotopic (exact) mass is 442 g/mol. The number of aromatic nitrogens is 2. The largest absolute Gasteiger partial charge is 0.323 e. The third-order valence-electron chi connectivity index (χ3n) is 4.31. The number of imidazole rings is 1. The van der Waals surface area contributed by atoms with E-state index in [1.54, 1.807) is 30.3 Å². The van der Waals surface area contributed by atoms with Crippen molar-refractivity contribution in [2.45, 2.75) is 4.90 Å². The molecule has 4 aromatic rings. The zero-order valence-electron chi connectivity index (χ0n) is 15.3. The van der Waals surface area contributed by atoms with E-state index >= 15 is 0 Å². The Bertz CT molecular complexity index is 1410. The number of hydrogen-bond acceptors (Lipinski definition) is 4. The van der Waals surface area contributed by atoms with E-state index in [0.717, 1.165) is 0 Å². The molecule has 0 fully saturated rings. The van der Waals surface area contributed by atoms with Gasteiger partial charge in [0, 0.05) is 10.7 Å². The van der Waals surface area contributed by atoms with Gasteiger partial charge in [-0.25, -0.2) is 13.2 Å². The number of nitrogens with one attached hydrogen (secondary N) is 4. The average molecular weight is 443 g/mol. The molecule has 1 amide bonds. The summed E-state index contributed by atoms with van der Waals surface area (Å²) in [6.07, 6.45) is 0. The van der Waals surface area contributed by atoms with Gasteiger partial charge in [-0.05, 0) is 54.6 Å². The first-order valence-corrected chi connectivity index (χ1v) is 10.6. The second-order valence-corrected chi connectivity index (χ2v) is 8.52. The van der Waals surface area contributed by atoms with Crippen molar-refractivity contribution in [2.75, 3.05) is 10.0 Å². The lowest BCUT2D eigenvalue weighted by atomic mass is 10.1. The van der Waals surface area contributed by atoms with Crippen molar-refractivity contribution in [3.63, 3.8) is 0 Å². The van der Waals surface area contributed by atoms with Crippen LogP contribution in [0.1, 0.15) is 10.4 Å². The van der Waals surface area contributed by atoms with Crippen LogP contribution < -0.4 is 15.7 Å². The van der Waals surface area contributed by atoms with Gasteiger partial charge in [0.25, 0.3) is 15.9 Å². The van der Waals surface area contributed by atoms with E-state index in [9.17, 15) is 18.0 Å². The predicted octanol–water partition coefficient (Wildman–Crippen LogP) is 3.56. The molecule has 0 aliphatic rings. The van der Waals surface area contributed by atoms with Crippen LogP contribution in [0.2, 0.25) is 5.02 Å². The first-order valence-electron chi connectivity index (χ1n) is 8.73. The number of H-pyrrole nitrogens is 2. The Morgan fingerprint density at radius 2 is 1.60 bits per heavy atom. The van der Waals surface area contributed by atoms with Gasteiger partial charge in [-0.3, -0.25) is 9.52 Å². The van der Waals surface area contributed by atoms with Crippen LogP contribution in [-0.4, -0.2) is 24.3 Å². The van der Waals surface area contributed by atoms with Crippen molar-refractivity contribution < 1.29 is 13.2 Å². The molecule has 0 aliphatic heterocycles. The van der Waals surface area contributed by atoms with E-state index < -0.39 is 15.9 Å². The van der Waals surface area contributed by atoms with E-state index in [1.807, 2.05) is 0 Å². The van der Waals surface area contributed by atoms with Gasteiger partial charge in [-0.1, -0.05) is 23.7 Å². The van der Waals surface area contributed by atoms with Crippen molar-refractivity contribution >= 4 is 49.9 Å². The van der Waals surface area contributed by atoms with Crippen LogP contribution >= 0.6 is 11.6 Å². The maximum atomic E-state index is 12.8. The first-order chi connectivity index (χ1) is 14.3. The summed E-state index contributed by atoms with van der Waals surface area (Å²) in [6.45, 7) is 0. The lowest BCUT2D eigenvalue weighted by Crippen LogP contribution is -2.18. The molecule has 1 aromatic heterocycles. The van der Waals surface area contributed by atoms with E-state index in [1.165, 1.54) is 36.4 Å². The number of carbonyl (C=O) groups is 1. The van der Waals surface area contributed by atoms with Crippen molar-refractivity contribution in [1.29, 1.82) is 0 Å². The number of benzene rings is 3. The molecule has 4 rings (SSSR count). The fraction of sp³-hybridized carbons (Fsp3) is 0. The highest BCUT2D eigenvalue weighted by molar-refractivity contribution is 7.92. The van der Waals surface area contributed by atoms with E-state index in [0.29, 0.717) is 21.7 Å². The predicted molar refractivity (Wildman–Crippen MR) is 116 cm³/mol. The van der Waals surface area contributed by atoms with Crippen LogP contribution in [-0.2, 0) is 10.0 Å². The topological polar surface area (TPSA) is 124 Å². The van der Waals surface area contributed by atoms with Gasteiger partial charge >= 0.3 is 5.69 Å². The number of aromatic amines is 2. The minimum atomic E-state index is -3.92. The van der Waals surface area contributed by atoms with Gasteiger partial charge in [0.1, 0.15) is 0 Å². The summed E-state index contributed by atoms with van der Waals surface area (Å²) in [6, 6.07) is 16.8. The molecule has 0 bridgehead atoms. The molecule has 3 aromatic carbocycles. The number of halogens is 1. The Morgan fingerprint density at radius 1 is 0.900 bits per heavy atom. The van der Waals surface area contributed by atoms with Gasteiger partial charge in [-0.2, -0.15) is 0 Å². The highest BCUT2D eigenvalue weighted by atomic mass is 35.5. The number of rotatable bonds is 5. The summed E-state index contributed by atoms with van der Waals surface area (Å²) in [7, 11) is -3.92. The Labute approximate surface area is 176 Å². The van der Waals surface area contributed by atoms with E-state index in [2.05, 4.69) is 20.0 Å². The molecule has 152 valence electrons. The molecular weight excluding hydrogens is 428 g/mol. The molecular formula is C20H15ClN4O4S. The normalized spacial score (nSPS) is 11.4. The Balaban J connectivity index is 1.61. The van der Waals surface area contributed by atoms with Crippen LogP contribution in [0, 0.1) is 0 Å². The second kappa shape index (κ2) is 7.69. The molecule has 1 heterocycles. The van der Waals surface area contributed by atoms with Crippen LogP contribution in [0.3, 0.4) is 0 Å². The maximum Gasteiger partial charge on any atom is 0.323 e. The van der Waals surface area contributed by atoms with Crippen LogP contribution in [0.4, 0.5) is 11.4 Å². The van der Waals surface area contributed by atoms with Gasteiger partial charge in [-0.15, -0.1) is 0 Å². The highest BCUT2D eigenvalue weighted by Gasteiger charge is 2.19. The number of anilines is 2. The molecule has 0 unspecified atom stereocenters. The van der Waals surface area contributed by atoms with Gasteiger partial charge in [0.2, 0.25) is 0 Å². The summed E-state index contributed by atoms with van der Waals surface area (Å²) >= 11 is 5.81. The number of hydrogen-bond donors (Lipinski definition) is 4. The molecule has 0 aliphatic carbocycles. The molecule has 10 heteroatoms. The fourth-order valence-corrected chi connectivity index (χ4v) is 4.10. The number of para-hydroxylation sites is 1. The van der Waals surface area contributed by atoms with Gasteiger partial charge < -0.3 is 15.3 Å². The van der Waals surface area contributed by atoms with Crippen LogP contribution in [0.25, 0.3) is 11.0 Å². The minimum absolute atomic E-state index is 0.0176. The molecule has 0 saturated heterocycles. The number of sulfonamides is 1. The SMILES string of the molecule is O=C(Nc1ccc2[nH]c(=O)[nH]c2c1)c1ccccc1NS(=O)(=O)c1ccc(Cl)cc1. The number of fused-ring (bicyclic) bond motifs is 1. The lowest BCUT2D eigenvalue weighted by Gasteiger charge is -2.13. The minimum Gasteiger partial charge on any atom is -0.322 e.